The van der Waals surface area contributed by atoms with Gasteiger partial charge < -0.3 is 10.5 Å². The van der Waals surface area contributed by atoms with E-state index in [0.29, 0.717) is 11.5 Å². The topological polar surface area (TPSA) is 78.3 Å². The molecule has 0 fully saturated rings. The van der Waals surface area contributed by atoms with E-state index in [9.17, 15) is 0 Å². The van der Waals surface area contributed by atoms with Crippen LogP contribution in [0.4, 0.5) is 5.69 Å². The maximum absolute atomic E-state index is 5.88. The fourth-order valence-corrected chi connectivity index (χ4v) is 2.02. The number of anilines is 1. The molecule has 20 heavy (non-hydrogen) atoms. The van der Waals surface area contributed by atoms with Crippen LogP contribution in [0, 0.1) is 20.8 Å². The van der Waals surface area contributed by atoms with Gasteiger partial charge in [0.2, 0.25) is 5.65 Å². The van der Waals surface area contributed by atoms with Crippen molar-refractivity contribution in [1.29, 1.82) is 0 Å². The van der Waals surface area contributed by atoms with Crippen LogP contribution in [-0.2, 0) is 0 Å². The molecular weight excluding hydrogens is 254 g/mol. The summed E-state index contributed by atoms with van der Waals surface area (Å²) < 4.78 is 7.72. The van der Waals surface area contributed by atoms with Gasteiger partial charge in [-0.05, 0) is 44.0 Å². The van der Waals surface area contributed by atoms with Crippen LogP contribution in [0.3, 0.4) is 0 Å². The molecule has 2 heterocycles. The lowest BCUT2D eigenvalue weighted by Crippen LogP contribution is -1.98. The molecule has 0 bridgehead atoms. The highest BCUT2D eigenvalue weighted by atomic mass is 16.5. The zero-order valence-corrected chi connectivity index (χ0v) is 11.6. The van der Waals surface area contributed by atoms with E-state index in [2.05, 4.69) is 15.2 Å². The largest absolute Gasteiger partial charge is 0.436 e. The van der Waals surface area contributed by atoms with Crippen molar-refractivity contribution in [2.45, 2.75) is 20.8 Å². The minimum absolute atomic E-state index is 0.431. The van der Waals surface area contributed by atoms with Gasteiger partial charge in [0.1, 0.15) is 11.6 Å². The molecule has 0 spiro atoms. The first-order chi connectivity index (χ1) is 9.56. The van der Waals surface area contributed by atoms with Crippen molar-refractivity contribution in [1.82, 2.24) is 19.6 Å². The van der Waals surface area contributed by atoms with Gasteiger partial charge in [-0.2, -0.15) is 0 Å². The van der Waals surface area contributed by atoms with Gasteiger partial charge in [-0.15, -0.1) is 10.2 Å². The second-order valence-electron chi connectivity index (χ2n) is 4.75. The Hall–Kier alpha value is -2.63. The number of aromatic nitrogens is 4. The summed E-state index contributed by atoms with van der Waals surface area (Å²) >= 11 is 0. The molecule has 0 aliphatic carbocycles. The van der Waals surface area contributed by atoms with Gasteiger partial charge in [0.15, 0.2) is 0 Å². The van der Waals surface area contributed by atoms with E-state index in [1.807, 2.05) is 37.3 Å². The highest BCUT2D eigenvalue weighted by molar-refractivity contribution is 5.56. The SMILES string of the molecule is Cc1cc(Oc2nccn3c(C)nnc23)c(C)cc1N. The van der Waals surface area contributed by atoms with Gasteiger partial charge in [0.05, 0.1) is 0 Å². The Labute approximate surface area is 116 Å². The molecular formula is C14H15N5O. The molecule has 0 unspecified atom stereocenters. The molecule has 0 aliphatic rings. The Morgan fingerprint density at radius 2 is 1.90 bits per heavy atom. The molecule has 6 heteroatoms. The Kier molecular flexibility index (Phi) is 2.78. The van der Waals surface area contributed by atoms with Crippen molar-refractivity contribution >= 4 is 11.3 Å². The smallest absolute Gasteiger partial charge is 0.265 e. The van der Waals surface area contributed by atoms with E-state index in [1.165, 1.54) is 0 Å². The number of benzene rings is 1. The molecule has 2 aromatic heterocycles. The first-order valence-electron chi connectivity index (χ1n) is 6.27. The third-order valence-electron chi connectivity index (χ3n) is 3.24. The third-order valence-corrected chi connectivity index (χ3v) is 3.24. The molecule has 0 aliphatic heterocycles. The van der Waals surface area contributed by atoms with Crippen molar-refractivity contribution in [3.63, 3.8) is 0 Å². The van der Waals surface area contributed by atoms with Crippen molar-refractivity contribution < 1.29 is 4.74 Å². The lowest BCUT2D eigenvalue weighted by atomic mass is 10.1. The minimum atomic E-state index is 0.431. The first kappa shape index (κ1) is 12.4. The monoisotopic (exact) mass is 269 g/mol. The molecule has 3 aromatic rings. The molecule has 1 aromatic carbocycles. The molecule has 0 atom stereocenters. The van der Waals surface area contributed by atoms with Crippen LogP contribution >= 0.6 is 0 Å². The van der Waals surface area contributed by atoms with Crippen LogP contribution in [0.25, 0.3) is 5.65 Å². The highest BCUT2D eigenvalue weighted by Crippen LogP contribution is 2.29. The van der Waals surface area contributed by atoms with E-state index < -0.39 is 0 Å². The number of nitrogen functional groups attached to an aromatic ring is 1. The molecule has 102 valence electrons. The highest BCUT2D eigenvalue weighted by Gasteiger charge is 2.12. The number of rotatable bonds is 2. The van der Waals surface area contributed by atoms with Crippen LogP contribution in [0.5, 0.6) is 11.6 Å². The third kappa shape index (κ3) is 1.95. The number of fused-ring (bicyclic) bond motifs is 1. The fourth-order valence-electron chi connectivity index (χ4n) is 2.02. The summed E-state index contributed by atoms with van der Waals surface area (Å²) in [6, 6.07) is 3.79. The predicted octanol–water partition coefficient (Wildman–Crippen LogP) is 2.42. The summed E-state index contributed by atoms with van der Waals surface area (Å²) in [6.07, 6.45) is 3.47. The maximum Gasteiger partial charge on any atom is 0.265 e. The maximum atomic E-state index is 5.88. The first-order valence-corrected chi connectivity index (χ1v) is 6.27. The Morgan fingerprint density at radius 3 is 2.70 bits per heavy atom. The van der Waals surface area contributed by atoms with E-state index in [-0.39, 0.29) is 0 Å². The van der Waals surface area contributed by atoms with Gasteiger partial charge in [-0.1, -0.05) is 0 Å². The Bertz CT molecular complexity index is 794. The van der Waals surface area contributed by atoms with E-state index in [4.69, 9.17) is 10.5 Å². The van der Waals surface area contributed by atoms with Crippen molar-refractivity contribution in [3.05, 3.63) is 41.5 Å². The minimum Gasteiger partial charge on any atom is -0.436 e. The summed E-state index contributed by atoms with van der Waals surface area (Å²) in [7, 11) is 0. The van der Waals surface area contributed by atoms with Crippen LogP contribution in [-0.4, -0.2) is 19.6 Å². The number of hydrogen-bond acceptors (Lipinski definition) is 5. The van der Waals surface area contributed by atoms with Gasteiger partial charge in [-0.3, -0.25) is 4.40 Å². The van der Waals surface area contributed by atoms with E-state index >= 15 is 0 Å². The molecule has 0 amide bonds. The summed E-state index contributed by atoms with van der Waals surface area (Å²) in [5, 5.41) is 8.11. The quantitative estimate of drug-likeness (QED) is 0.723. The van der Waals surface area contributed by atoms with Crippen LogP contribution in [0.15, 0.2) is 24.5 Å². The second kappa shape index (κ2) is 4.48. The predicted molar refractivity (Wildman–Crippen MR) is 75.9 cm³/mol. The number of hydrogen-bond donors (Lipinski definition) is 1. The van der Waals surface area contributed by atoms with Gasteiger partial charge >= 0.3 is 0 Å². The van der Waals surface area contributed by atoms with Crippen LogP contribution < -0.4 is 10.5 Å². The Morgan fingerprint density at radius 1 is 1.10 bits per heavy atom. The van der Waals surface area contributed by atoms with Gasteiger partial charge in [-0.25, -0.2) is 4.98 Å². The number of ether oxygens (including phenoxy) is 1. The standard InChI is InChI=1S/C14H15N5O/c1-8-7-12(9(2)6-11(8)15)20-14-13-18-17-10(3)19(13)5-4-16-14/h4-7H,15H2,1-3H3. The number of nitrogens with zero attached hydrogens (tertiary/aromatic N) is 4. The molecule has 0 saturated carbocycles. The average molecular weight is 269 g/mol. The summed E-state index contributed by atoms with van der Waals surface area (Å²) in [5.41, 5.74) is 9.14. The normalized spacial score (nSPS) is 10.9. The zero-order valence-electron chi connectivity index (χ0n) is 11.6. The van der Waals surface area contributed by atoms with Crippen LogP contribution in [0.1, 0.15) is 17.0 Å². The summed E-state index contributed by atoms with van der Waals surface area (Å²) in [6.45, 7) is 5.76. The van der Waals surface area contributed by atoms with Crippen molar-refractivity contribution in [2.24, 2.45) is 0 Å². The number of aryl methyl sites for hydroxylation is 3. The van der Waals surface area contributed by atoms with E-state index in [0.717, 1.165) is 28.4 Å². The summed E-state index contributed by atoms with van der Waals surface area (Å²) in [5.74, 6) is 1.94. The van der Waals surface area contributed by atoms with Crippen molar-refractivity contribution in [3.8, 4) is 11.6 Å². The number of nitrogens with two attached hydrogens (primary N) is 1. The molecule has 0 saturated heterocycles. The second-order valence-corrected chi connectivity index (χ2v) is 4.75. The van der Waals surface area contributed by atoms with Gasteiger partial charge in [0, 0.05) is 18.1 Å². The fraction of sp³-hybridized carbons (Fsp3) is 0.214. The Balaban J connectivity index is 2.08. The van der Waals surface area contributed by atoms with Crippen LogP contribution in [0.2, 0.25) is 0 Å². The average Bonchev–Trinajstić information content (AvgIpc) is 2.79. The lowest BCUT2D eigenvalue weighted by Gasteiger charge is -2.10. The zero-order chi connectivity index (χ0) is 14.3. The summed E-state index contributed by atoms with van der Waals surface area (Å²) in [4.78, 5) is 4.23. The molecule has 6 nitrogen and oxygen atoms in total. The van der Waals surface area contributed by atoms with Crippen molar-refractivity contribution in [2.75, 3.05) is 5.73 Å². The molecule has 2 N–H and O–H groups in total. The molecule has 0 radical (unpaired) electrons. The molecule has 3 rings (SSSR count). The van der Waals surface area contributed by atoms with Gasteiger partial charge in [0.25, 0.3) is 5.88 Å². The lowest BCUT2D eigenvalue weighted by molar-refractivity contribution is 0.461. The van der Waals surface area contributed by atoms with E-state index in [1.54, 1.807) is 12.4 Å².